The van der Waals surface area contributed by atoms with Crippen molar-refractivity contribution in [2.75, 3.05) is 6.54 Å². The molecule has 0 radical (unpaired) electrons. The topological polar surface area (TPSA) is 35.2 Å². The SMILES string of the molecule is CC(C)(CN)Oc1ccc(C(C)(C)C)cc1. The molecule has 16 heavy (non-hydrogen) atoms. The predicted octanol–water partition coefficient (Wildman–Crippen LogP) is 3.10. The normalized spacial score (nSPS) is 12.6. The molecule has 1 aromatic carbocycles. The first-order chi connectivity index (χ1) is 7.24. The molecule has 2 N–H and O–H groups in total. The molecule has 0 amide bonds. The molecule has 0 unspecified atom stereocenters. The van der Waals surface area contributed by atoms with Crippen LogP contribution in [-0.4, -0.2) is 12.1 Å². The van der Waals surface area contributed by atoms with Crippen LogP contribution in [0.5, 0.6) is 5.75 Å². The van der Waals surface area contributed by atoms with Gasteiger partial charge in [0.2, 0.25) is 0 Å². The van der Waals surface area contributed by atoms with Crippen LogP contribution in [0.4, 0.5) is 0 Å². The van der Waals surface area contributed by atoms with Crippen LogP contribution in [0.2, 0.25) is 0 Å². The third-order valence-electron chi connectivity index (χ3n) is 2.61. The molecular formula is C14H23NO. The van der Waals surface area contributed by atoms with E-state index in [1.165, 1.54) is 5.56 Å². The second kappa shape index (κ2) is 4.46. The molecule has 90 valence electrons. The van der Waals surface area contributed by atoms with Gasteiger partial charge in [-0.05, 0) is 37.0 Å². The van der Waals surface area contributed by atoms with Crippen molar-refractivity contribution in [3.8, 4) is 5.75 Å². The van der Waals surface area contributed by atoms with E-state index in [1.807, 2.05) is 26.0 Å². The fraction of sp³-hybridized carbons (Fsp3) is 0.571. The number of nitrogens with two attached hydrogens (primary N) is 1. The first kappa shape index (κ1) is 13.0. The van der Waals surface area contributed by atoms with Crippen LogP contribution in [0, 0.1) is 0 Å². The molecule has 1 aromatic rings. The van der Waals surface area contributed by atoms with Gasteiger partial charge in [-0.2, -0.15) is 0 Å². The lowest BCUT2D eigenvalue weighted by atomic mass is 9.87. The van der Waals surface area contributed by atoms with E-state index in [-0.39, 0.29) is 11.0 Å². The lowest BCUT2D eigenvalue weighted by molar-refractivity contribution is 0.119. The molecule has 0 bridgehead atoms. The fourth-order valence-electron chi connectivity index (χ4n) is 1.38. The smallest absolute Gasteiger partial charge is 0.120 e. The predicted molar refractivity (Wildman–Crippen MR) is 68.9 cm³/mol. The Kier molecular flexibility index (Phi) is 3.64. The van der Waals surface area contributed by atoms with E-state index in [4.69, 9.17) is 10.5 Å². The molecular weight excluding hydrogens is 198 g/mol. The number of ether oxygens (including phenoxy) is 1. The Balaban J connectivity index is 2.80. The Hall–Kier alpha value is -1.02. The van der Waals surface area contributed by atoms with Gasteiger partial charge in [0.05, 0.1) is 0 Å². The fourth-order valence-corrected chi connectivity index (χ4v) is 1.38. The van der Waals surface area contributed by atoms with E-state index in [9.17, 15) is 0 Å². The Morgan fingerprint density at radius 2 is 1.50 bits per heavy atom. The highest BCUT2D eigenvalue weighted by molar-refractivity contribution is 5.31. The van der Waals surface area contributed by atoms with Gasteiger partial charge < -0.3 is 10.5 Å². The van der Waals surface area contributed by atoms with Crippen LogP contribution in [0.15, 0.2) is 24.3 Å². The van der Waals surface area contributed by atoms with Crippen molar-refractivity contribution in [2.24, 2.45) is 5.73 Å². The van der Waals surface area contributed by atoms with E-state index < -0.39 is 0 Å². The summed E-state index contributed by atoms with van der Waals surface area (Å²) in [5.74, 6) is 0.878. The minimum absolute atomic E-state index is 0.182. The van der Waals surface area contributed by atoms with Gasteiger partial charge in [0.15, 0.2) is 0 Å². The number of benzene rings is 1. The molecule has 1 rings (SSSR count). The molecule has 0 aliphatic rings. The second-order valence-corrected chi connectivity index (χ2v) is 5.84. The van der Waals surface area contributed by atoms with E-state index in [1.54, 1.807) is 0 Å². The van der Waals surface area contributed by atoms with E-state index in [2.05, 4.69) is 32.9 Å². The van der Waals surface area contributed by atoms with Gasteiger partial charge in [0.25, 0.3) is 0 Å². The minimum atomic E-state index is -0.302. The zero-order chi connectivity index (χ0) is 12.4. The van der Waals surface area contributed by atoms with Gasteiger partial charge in [-0.1, -0.05) is 32.9 Å². The highest BCUT2D eigenvalue weighted by atomic mass is 16.5. The first-order valence-electron chi connectivity index (χ1n) is 5.74. The average Bonchev–Trinajstić information content (AvgIpc) is 2.16. The van der Waals surface area contributed by atoms with Gasteiger partial charge in [0.1, 0.15) is 11.4 Å². The summed E-state index contributed by atoms with van der Waals surface area (Å²) in [6, 6.07) is 8.25. The van der Waals surface area contributed by atoms with Crippen molar-refractivity contribution in [3.63, 3.8) is 0 Å². The highest BCUT2D eigenvalue weighted by Gasteiger charge is 2.18. The Labute approximate surface area is 98.8 Å². The van der Waals surface area contributed by atoms with Gasteiger partial charge >= 0.3 is 0 Å². The largest absolute Gasteiger partial charge is 0.487 e. The summed E-state index contributed by atoms with van der Waals surface area (Å²) in [6.45, 7) is 11.1. The van der Waals surface area contributed by atoms with Crippen LogP contribution in [-0.2, 0) is 5.41 Å². The molecule has 0 spiro atoms. The van der Waals surface area contributed by atoms with Crippen molar-refractivity contribution in [3.05, 3.63) is 29.8 Å². The first-order valence-corrected chi connectivity index (χ1v) is 5.74. The zero-order valence-electron chi connectivity index (χ0n) is 11.0. The van der Waals surface area contributed by atoms with Crippen LogP contribution < -0.4 is 10.5 Å². The Morgan fingerprint density at radius 3 is 1.88 bits per heavy atom. The van der Waals surface area contributed by atoms with Crippen LogP contribution >= 0.6 is 0 Å². The van der Waals surface area contributed by atoms with Crippen LogP contribution in [0.1, 0.15) is 40.2 Å². The lowest BCUT2D eigenvalue weighted by Gasteiger charge is -2.25. The highest BCUT2D eigenvalue weighted by Crippen LogP contribution is 2.25. The minimum Gasteiger partial charge on any atom is -0.487 e. The molecule has 0 heterocycles. The Morgan fingerprint density at radius 1 is 1.00 bits per heavy atom. The van der Waals surface area contributed by atoms with Gasteiger partial charge in [-0.15, -0.1) is 0 Å². The number of hydrogen-bond acceptors (Lipinski definition) is 2. The summed E-state index contributed by atoms with van der Waals surface area (Å²) >= 11 is 0. The quantitative estimate of drug-likeness (QED) is 0.851. The Bertz CT molecular complexity index is 333. The summed E-state index contributed by atoms with van der Waals surface area (Å²) in [6.07, 6.45) is 0. The zero-order valence-corrected chi connectivity index (χ0v) is 11.0. The van der Waals surface area contributed by atoms with E-state index in [0.717, 1.165) is 5.75 Å². The third-order valence-corrected chi connectivity index (χ3v) is 2.61. The molecule has 2 nitrogen and oxygen atoms in total. The van der Waals surface area contributed by atoms with Crippen molar-refractivity contribution < 1.29 is 4.74 Å². The van der Waals surface area contributed by atoms with Crippen molar-refractivity contribution >= 4 is 0 Å². The molecule has 0 saturated carbocycles. The number of rotatable bonds is 3. The van der Waals surface area contributed by atoms with E-state index in [0.29, 0.717) is 6.54 Å². The molecule has 0 aromatic heterocycles. The maximum Gasteiger partial charge on any atom is 0.120 e. The van der Waals surface area contributed by atoms with Crippen molar-refractivity contribution in [1.82, 2.24) is 0 Å². The maximum absolute atomic E-state index is 5.79. The maximum atomic E-state index is 5.79. The second-order valence-electron chi connectivity index (χ2n) is 5.84. The molecule has 0 atom stereocenters. The van der Waals surface area contributed by atoms with Crippen LogP contribution in [0.25, 0.3) is 0 Å². The standard InChI is InChI=1S/C14H23NO/c1-13(2,3)11-6-8-12(9-7-11)16-14(4,5)10-15/h6-9H,10,15H2,1-5H3. The van der Waals surface area contributed by atoms with Gasteiger partial charge in [-0.25, -0.2) is 0 Å². The molecule has 0 aliphatic carbocycles. The van der Waals surface area contributed by atoms with Crippen LogP contribution in [0.3, 0.4) is 0 Å². The summed E-state index contributed by atoms with van der Waals surface area (Å²) in [7, 11) is 0. The third kappa shape index (κ3) is 3.53. The lowest BCUT2D eigenvalue weighted by Crippen LogP contribution is -2.37. The average molecular weight is 221 g/mol. The summed E-state index contributed by atoms with van der Waals surface area (Å²) in [5, 5.41) is 0. The summed E-state index contributed by atoms with van der Waals surface area (Å²) in [5.41, 5.74) is 6.82. The monoisotopic (exact) mass is 221 g/mol. The molecule has 2 heteroatoms. The summed E-state index contributed by atoms with van der Waals surface area (Å²) < 4.78 is 5.79. The number of hydrogen-bond donors (Lipinski definition) is 1. The van der Waals surface area contributed by atoms with Gasteiger partial charge in [0, 0.05) is 6.54 Å². The van der Waals surface area contributed by atoms with Crippen molar-refractivity contribution in [1.29, 1.82) is 0 Å². The molecule has 0 saturated heterocycles. The molecule has 0 aliphatic heterocycles. The summed E-state index contributed by atoms with van der Waals surface area (Å²) in [4.78, 5) is 0. The molecule has 0 fully saturated rings. The van der Waals surface area contributed by atoms with Gasteiger partial charge in [-0.3, -0.25) is 0 Å². The van der Waals surface area contributed by atoms with Crippen molar-refractivity contribution in [2.45, 2.75) is 45.6 Å². The van der Waals surface area contributed by atoms with E-state index >= 15 is 0 Å².